The Labute approximate surface area is 177 Å². The molecule has 3 nitrogen and oxygen atoms in total. The molecule has 0 aliphatic rings. The first-order valence-electron chi connectivity index (χ1n) is 8.53. The molecule has 3 aromatic carbocycles. The molecule has 0 atom stereocenters. The third-order valence-electron chi connectivity index (χ3n) is 4.07. The first kappa shape index (κ1) is 19.9. The van der Waals surface area contributed by atoms with Gasteiger partial charge in [0.25, 0.3) is 0 Å². The zero-order valence-electron chi connectivity index (χ0n) is 15.2. The Hall–Kier alpha value is -2.85. The highest BCUT2D eigenvalue weighted by atomic mass is 127. The number of benzene rings is 3. The molecule has 0 unspecified atom stereocenters. The molecular weight excluding hydrogens is 468 g/mol. The molecule has 0 aromatic heterocycles. The molecule has 0 bridgehead atoms. The maximum atomic E-state index is 14.0. The lowest BCUT2D eigenvalue weighted by Crippen LogP contribution is -2.00. The topological polar surface area (TPSA) is 42.2 Å². The maximum Gasteiger partial charge on any atom is 0.174 e. The molecule has 0 fully saturated rings. The van der Waals surface area contributed by atoms with Gasteiger partial charge in [-0.05, 0) is 58.0 Å². The Kier molecular flexibility index (Phi) is 6.66. The van der Waals surface area contributed by atoms with Gasteiger partial charge in [0, 0.05) is 5.56 Å². The molecule has 28 heavy (non-hydrogen) atoms. The van der Waals surface area contributed by atoms with Gasteiger partial charge in [0.2, 0.25) is 0 Å². The fourth-order valence-electron chi connectivity index (χ4n) is 2.71. The highest BCUT2D eigenvalue weighted by Crippen LogP contribution is 2.35. The van der Waals surface area contributed by atoms with E-state index in [1.54, 1.807) is 37.5 Å². The largest absolute Gasteiger partial charge is 0.493 e. The van der Waals surface area contributed by atoms with Gasteiger partial charge in [0.05, 0.1) is 22.3 Å². The van der Waals surface area contributed by atoms with E-state index < -0.39 is 5.82 Å². The number of halogens is 2. The van der Waals surface area contributed by atoms with Gasteiger partial charge in [-0.1, -0.05) is 48.5 Å². The Morgan fingerprint density at radius 1 is 1.11 bits per heavy atom. The van der Waals surface area contributed by atoms with Gasteiger partial charge in [-0.15, -0.1) is 0 Å². The number of ether oxygens (including phenoxy) is 2. The average Bonchev–Trinajstić information content (AvgIpc) is 2.72. The molecule has 0 radical (unpaired) electrons. The summed E-state index contributed by atoms with van der Waals surface area (Å²) in [6.45, 7) is 0.418. The van der Waals surface area contributed by atoms with Gasteiger partial charge in [-0.3, -0.25) is 0 Å². The number of nitrogens with zero attached hydrogens (tertiary/aromatic N) is 1. The first-order chi connectivity index (χ1) is 13.6. The molecule has 0 N–H and O–H groups in total. The first-order valence-corrected chi connectivity index (χ1v) is 9.61. The third-order valence-corrected chi connectivity index (χ3v) is 4.87. The third kappa shape index (κ3) is 4.70. The van der Waals surface area contributed by atoms with Gasteiger partial charge in [-0.25, -0.2) is 4.39 Å². The summed E-state index contributed by atoms with van der Waals surface area (Å²) in [7, 11) is 1.57. The SMILES string of the molecule is COc1cc(C=C(C#N)c2ccccc2F)cc(I)c1OCc1ccccc1. The molecule has 0 aliphatic heterocycles. The summed E-state index contributed by atoms with van der Waals surface area (Å²) >= 11 is 2.17. The second kappa shape index (κ2) is 9.38. The van der Waals surface area contributed by atoms with E-state index >= 15 is 0 Å². The van der Waals surface area contributed by atoms with Crippen molar-refractivity contribution >= 4 is 34.2 Å². The summed E-state index contributed by atoms with van der Waals surface area (Å²) in [5.74, 6) is 0.758. The van der Waals surface area contributed by atoms with E-state index in [1.165, 1.54) is 6.07 Å². The zero-order valence-corrected chi connectivity index (χ0v) is 17.3. The van der Waals surface area contributed by atoms with Crippen molar-refractivity contribution in [2.45, 2.75) is 6.61 Å². The highest BCUT2D eigenvalue weighted by molar-refractivity contribution is 14.1. The predicted molar refractivity (Wildman–Crippen MR) is 116 cm³/mol. The van der Waals surface area contributed by atoms with Crippen molar-refractivity contribution in [3.05, 3.63) is 92.8 Å². The van der Waals surface area contributed by atoms with Crippen LogP contribution in [-0.2, 0) is 6.61 Å². The summed E-state index contributed by atoms with van der Waals surface area (Å²) in [6.07, 6.45) is 1.64. The minimum absolute atomic E-state index is 0.244. The van der Waals surface area contributed by atoms with Crippen LogP contribution in [0.3, 0.4) is 0 Å². The summed E-state index contributed by atoms with van der Waals surface area (Å²) in [5, 5.41) is 9.48. The second-order valence-electron chi connectivity index (χ2n) is 5.96. The van der Waals surface area contributed by atoms with E-state index in [-0.39, 0.29) is 11.1 Å². The number of rotatable bonds is 6. The molecule has 0 spiro atoms. The van der Waals surface area contributed by atoms with Crippen LogP contribution >= 0.6 is 22.6 Å². The molecule has 0 aliphatic carbocycles. The molecule has 3 aromatic rings. The Balaban J connectivity index is 1.92. The van der Waals surface area contributed by atoms with Gasteiger partial charge in [0.15, 0.2) is 11.5 Å². The summed E-state index contributed by atoms with van der Waals surface area (Å²) in [5.41, 5.74) is 2.29. The normalized spacial score (nSPS) is 11.0. The lowest BCUT2D eigenvalue weighted by Gasteiger charge is -2.14. The minimum atomic E-state index is -0.431. The van der Waals surface area contributed by atoms with Crippen molar-refractivity contribution in [1.29, 1.82) is 5.26 Å². The Morgan fingerprint density at radius 3 is 2.50 bits per heavy atom. The monoisotopic (exact) mass is 485 g/mol. The fourth-order valence-corrected chi connectivity index (χ4v) is 3.49. The molecule has 0 heterocycles. The molecule has 5 heteroatoms. The van der Waals surface area contributed by atoms with Crippen LogP contribution in [0.5, 0.6) is 11.5 Å². The van der Waals surface area contributed by atoms with Crippen molar-refractivity contribution in [1.82, 2.24) is 0 Å². The van der Waals surface area contributed by atoms with E-state index in [2.05, 4.69) is 28.7 Å². The second-order valence-corrected chi connectivity index (χ2v) is 7.12. The van der Waals surface area contributed by atoms with Crippen LogP contribution in [0.2, 0.25) is 0 Å². The van der Waals surface area contributed by atoms with Crippen molar-refractivity contribution in [2.75, 3.05) is 7.11 Å². The van der Waals surface area contributed by atoms with Crippen molar-refractivity contribution in [3.8, 4) is 17.6 Å². The maximum absolute atomic E-state index is 14.0. The van der Waals surface area contributed by atoms with Crippen LogP contribution in [0.4, 0.5) is 4.39 Å². The highest BCUT2D eigenvalue weighted by Gasteiger charge is 2.13. The quantitative estimate of drug-likeness (QED) is 0.242. The predicted octanol–water partition coefficient (Wildman–Crippen LogP) is 6.08. The molecule has 0 saturated carbocycles. The van der Waals surface area contributed by atoms with Crippen LogP contribution in [0, 0.1) is 20.7 Å². The van der Waals surface area contributed by atoms with Crippen LogP contribution in [0.1, 0.15) is 16.7 Å². The lowest BCUT2D eigenvalue weighted by molar-refractivity contribution is 0.282. The van der Waals surface area contributed by atoms with Crippen molar-refractivity contribution < 1.29 is 13.9 Å². The fraction of sp³-hybridized carbons (Fsp3) is 0.0870. The Bertz CT molecular complexity index is 1040. The number of allylic oxidation sites excluding steroid dienone is 1. The number of hydrogen-bond acceptors (Lipinski definition) is 3. The molecule has 3 rings (SSSR count). The van der Waals surface area contributed by atoms with E-state index in [0.29, 0.717) is 18.1 Å². The van der Waals surface area contributed by atoms with E-state index in [0.717, 1.165) is 14.7 Å². The van der Waals surface area contributed by atoms with Gasteiger partial charge in [0.1, 0.15) is 12.4 Å². The van der Waals surface area contributed by atoms with Crippen LogP contribution < -0.4 is 9.47 Å². The number of nitriles is 1. The summed E-state index contributed by atoms with van der Waals surface area (Å²) < 4.78 is 26.3. The Morgan fingerprint density at radius 2 is 1.82 bits per heavy atom. The smallest absolute Gasteiger partial charge is 0.174 e. The summed E-state index contributed by atoms with van der Waals surface area (Å²) in [6, 6.07) is 21.8. The molecule has 0 amide bonds. The van der Waals surface area contributed by atoms with Crippen LogP contribution in [-0.4, -0.2) is 7.11 Å². The van der Waals surface area contributed by atoms with Crippen LogP contribution in [0.15, 0.2) is 66.7 Å². The van der Waals surface area contributed by atoms with Gasteiger partial charge in [-0.2, -0.15) is 5.26 Å². The van der Waals surface area contributed by atoms with Gasteiger partial charge < -0.3 is 9.47 Å². The van der Waals surface area contributed by atoms with Crippen molar-refractivity contribution in [2.24, 2.45) is 0 Å². The van der Waals surface area contributed by atoms with Crippen molar-refractivity contribution in [3.63, 3.8) is 0 Å². The zero-order chi connectivity index (χ0) is 19.9. The molecular formula is C23H17FINO2. The van der Waals surface area contributed by atoms with E-state index in [1.807, 2.05) is 36.4 Å². The summed E-state index contributed by atoms with van der Waals surface area (Å²) in [4.78, 5) is 0. The van der Waals surface area contributed by atoms with Gasteiger partial charge >= 0.3 is 0 Å². The average molecular weight is 485 g/mol. The molecule has 0 saturated heterocycles. The molecule has 140 valence electrons. The lowest BCUT2D eigenvalue weighted by atomic mass is 10.0. The van der Waals surface area contributed by atoms with E-state index in [9.17, 15) is 9.65 Å². The van der Waals surface area contributed by atoms with E-state index in [4.69, 9.17) is 9.47 Å². The number of methoxy groups -OCH3 is 1. The van der Waals surface area contributed by atoms with Crippen LogP contribution in [0.25, 0.3) is 11.6 Å². The minimum Gasteiger partial charge on any atom is -0.493 e. The standard InChI is InChI=1S/C23H17FINO2/c1-27-22-13-17(11-18(14-26)19-9-5-6-10-20(19)24)12-21(25)23(22)28-15-16-7-3-2-4-8-16/h2-13H,15H2,1H3. The number of hydrogen-bond donors (Lipinski definition) is 0.